The van der Waals surface area contributed by atoms with Crippen LogP contribution in [0.15, 0.2) is 44.4 Å². The summed E-state index contributed by atoms with van der Waals surface area (Å²) >= 11 is 6.34. The molecule has 0 bridgehead atoms. The van der Waals surface area contributed by atoms with Gasteiger partial charge in [-0.05, 0) is 81.5 Å². The summed E-state index contributed by atoms with van der Waals surface area (Å²) in [6.07, 6.45) is 1.32. The first-order chi connectivity index (χ1) is 18.3. The van der Waals surface area contributed by atoms with Gasteiger partial charge in [0, 0.05) is 23.6 Å². The van der Waals surface area contributed by atoms with Gasteiger partial charge < -0.3 is 14.1 Å². The van der Waals surface area contributed by atoms with Crippen LogP contribution in [0.25, 0.3) is 0 Å². The molecule has 0 aliphatic carbocycles. The molecular weight excluding hydrogens is 547 g/mol. The standard InChI is InChI=1S/C27H32ClFN4O5S/c1-15-6-8-20(29)23(16(15)2)17(3)24(25-30-31-26(34)38-25)33-14-32(19-10-11-37-27(4,5)13-19)21-12-18(28)7-9-22(21)39(33,35)36/h6-9,12,17,19,24H,10-11,13-14H2,1-5H3,(H,31,34)/t17-,19-,24+/m1/s1. The number of hydrogen-bond donors (Lipinski definition) is 1. The third-order valence-electron chi connectivity index (χ3n) is 7.90. The van der Waals surface area contributed by atoms with Crippen molar-refractivity contribution in [1.29, 1.82) is 0 Å². The highest BCUT2D eigenvalue weighted by molar-refractivity contribution is 7.89. The number of rotatable bonds is 5. The number of fused-ring (bicyclic) bond motifs is 1. The number of halogens is 2. The Kier molecular flexibility index (Phi) is 7.15. The van der Waals surface area contributed by atoms with Gasteiger partial charge in [0.15, 0.2) is 0 Å². The predicted molar refractivity (Wildman–Crippen MR) is 145 cm³/mol. The second-order valence-corrected chi connectivity index (χ2v) is 13.3. The van der Waals surface area contributed by atoms with E-state index in [1.54, 1.807) is 26.0 Å². The highest BCUT2D eigenvalue weighted by Crippen LogP contribution is 2.46. The van der Waals surface area contributed by atoms with Crippen LogP contribution in [-0.4, -0.2) is 47.8 Å². The van der Waals surface area contributed by atoms with E-state index in [0.29, 0.717) is 41.3 Å². The average molecular weight is 579 g/mol. The quantitative estimate of drug-likeness (QED) is 0.451. The van der Waals surface area contributed by atoms with Crippen molar-refractivity contribution in [2.24, 2.45) is 0 Å². The Hall–Kier alpha value is -2.73. The molecule has 3 heterocycles. The number of anilines is 1. The first-order valence-electron chi connectivity index (χ1n) is 12.8. The van der Waals surface area contributed by atoms with Crippen molar-refractivity contribution in [3.05, 3.63) is 74.3 Å². The molecule has 2 aromatic carbocycles. The van der Waals surface area contributed by atoms with Crippen LogP contribution in [-0.2, 0) is 14.8 Å². The molecule has 3 aromatic rings. The van der Waals surface area contributed by atoms with E-state index in [2.05, 4.69) is 10.2 Å². The summed E-state index contributed by atoms with van der Waals surface area (Å²) in [7, 11) is -4.16. The predicted octanol–water partition coefficient (Wildman–Crippen LogP) is 5.04. The zero-order chi connectivity index (χ0) is 28.3. The van der Waals surface area contributed by atoms with Crippen LogP contribution in [0.1, 0.15) is 68.2 Å². The van der Waals surface area contributed by atoms with E-state index in [1.807, 2.05) is 25.7 Å². The Morgan fingerprint density at radius 1 is 1.23 bits per heavy atom. The molecule has 9 nitrogen and oxygen atoms in total. The van der Waals surface area contributed by atoms with Crippen molar-refractivity contribution < 1.29 is 22.0 Å². The van der Waals surface area contributed by atoms with Gasteiger partial charge in [-0.1, -0.05) is 24.6 Å². The highest BCUT2D eigenvalue weighted by atomic mass is 35.5. The SMILES string of the molecule is Cc1ccc(F)c([C@@H](C)[C@@H](c2n[nH]c(=O)o2)N2CN([C@@H]3CCOC(C)(C)C3)c3cc(Cl)ccc3S2(=O)=O)c1C. The van der Waals surface area contributed by atoms with Crippen LogP contribution in [0.2, 0.25) is 5.02 Å². The van der Waals surface area contributed by atoms with Crippen molar-refractivity contribution in [3.8, 4) is 0 Å². The van der Waals surface area contributed by atoms with Crippen LogP contribution in [0.3, 0.4) is 0 Å². The van der Waals surface area contributed by atoms with Crippen LogP contribution in [0, 0.1) is 19.7 Å². The first-order valence-corrected chi connectivity index (χ1v) is 14.6. The summed E-state index contributed by atoms with van der Waals surface area (Å²) in [6, 6.07) is 6.53. The Morgan fingerprint density at radius 2 is 1.97 bits per heavy atom. The average Bonchev–Trinajstić information content (AvgIpc) is 3.28. The molecule has 1 N–H and O–H groups in total. The van der Waals surface area contributed by atoms with Gasteiger partial charge in [0.1, 0.15) is 16.8 Å². The second kappa shape index (κ2) is 10.0. The molecule has 0 radical (unpaired) electrons. The molecule has 12 heteroatoms. The van der Waals surface area contributed by atoms with Gasteiger partial charge in [-0.15, -0.1) is 5.10 Å². The maximum Gasteiger partial charge on any atom is 0.434 e. The Bertz CT molecular complexity index is 1570. The van der Waals surface area contributed by atoms with Crippen molar-refractivity contribution in [3.63, 3.8) is 0 Å². The number of aromatic amines is 1. The normalized spacial score (nSPS) is 22.3. The number of hydrogen-bond acceptors (Lipinski definition) is 7. The van der Waals surface area contributed by atoms with E-state index in [1.165, 1.54) is 22.5 Å². The molecule has 39 heavy (non-hydrogen) atoms. The lowest BCUT2D eigenvalue weighted by atomic mass is 9.87. The number of benzene rings is 2. The summed E-state index contributed by atoms with van der Waals surface area (Å²) in [5, 5.41) is 6.67. The van der Waals surface area contributed by atoms with Gasteiger partial charge in [-0.25, -0.2) is 22.7 Å². The molecule has 2 aliphatic rings. The number of sulfonamides is 1. The number of nitrogens with one attached hydrogen (secondary N) is 1. The zero-order valence-electron chi connectivity index (χ0n) is 22.5. The number of ether oxygens (including phenoxy) is 1. The Balaban J connectivity index is 1.70. The fourth-order valence-corrected chi connectivity index (χ4v) is 7.80. The Morgan fingerprint density at radius 3 is 2.64 bits per heavy atom. The minimum absolute atomic E-state index is 0.0662. The monoisotopic (exact) mass is 578 g/mol. The molecule has 0 amide bonds. The molecular formula is C27H32ClFN4O5S. The van der Waals surface area contributed by atoms with Crippen molar-refractivity contribution in [2.45, 2.75) is 76.0 Å². The van der Waals surface area contributed by atoms with Gasteiger partial charge in [0.25, 0.3) is 0 Å². The van der Waals surface area contributed by atoms with Gasteiger partial charge in [0.2, 0.25) is 15.9 Å². The minimum atomic E-state index is -4.16. The molecule has 1 aromatic heterocycles. The molecule has 1 saturated heterocycles. The molecule has 2 aliphatic heterocycles. The molecule has 1 fully saturated rings. The van der Waals surface area contributed by atoms with Crippen molar-refractivity contribution >= 4 is 27.3 Å². The smallest absolute Gasteiger partial charge is 0.391 e. The summed E-state index contributed by atoms with van der Waals surface area (Å²) < 4.78 is 56.4. The van der Waals surface area contributed by atoms with Crippen LogP contribution < -0.4 is 10.7 Å². The van der Waals surface area contributed by atoms with Gasteiger partial charge in [-0.3, -0.25) is 0 Å². The van der Waals surface area contributed by atoms with Gasteiger partial charge in [0.05, 0.1) is 18.0 Å². The Labute approximate surface area is 232 Å². The van der Waals surface area contributed by atoms with E-state index in [4.69, 9.17) is 20.8 Å². The van der Waals surface area contributed by atoms with Crippen LogP contribution >= 0.6 is 11.6 Å². The van der Waals surface area contributed by atoms with E-state index >= 15 is 4.39 Å². The summed E-state index contributed by atoms with van der Waals surface area (Å²) in [5.74, 6) is -2.19. The maximum absolute atomic E-state index is 15.3. The van der Waals surface area contributed by atoms with Gasteiger partial charge in [-0.2, -0.15) is 4.31 Å². The van der Waals surface area contributed by atoms with E-state index in [0.717, 1.165) is 5.56 Å². The third kappa shape index (κ3) is 5.01. The lowest BCUT2D eigenvalue weighted by molar-refractivity contribution is -0.0598. The largest absolute Gasteiger partial charge is 0.434 e. The fourth-order valence-electron chi connectivity index (χ4n) is 5.85. The molecule has 0 saturated carbocycles. The van der Waals surface area contributed by atoms with Gasteiger partial charge >= 0.3 is 5.76 Å². The molecule has 0 unspecified atom stereocenters. The first kappa shape index (κ1) is 27.8. The molecule has 210 valence electrons. The van der Waals surface area contributed by atoms with E-state index in [-0.39, 0.29) is 23.5 Å². The van der Waals surface area contributed by atoms with E-state index < -0.39 is 39.2 Å². The van der Waals surface area contributed by atoms with Crippen LogP contribution in [0.4, 0.5) is 10.1 Å². The summed E-state index contributed by atoms with van der Waals surface area (Å²) in [6.45, 7) is 9.82. The highest BCUT2D eigenvalue weighted by Gasteiger charge is 2.47. The van der Waals surface area contributed by atoms with Crippen molar-refractivity contribution in [2.75, 3.05) is 18.2 Å². The second-order valence-electron chi connectivity index (χ2n) is 11.0. The zero-order valence-corrected chi connectivity index (χ0v) is 24.1. The lowest BCUT2D eigenvalue weighted by Crippen LogP contribution is -2.55. The molecule has 5 rings (SSSR count). The third-order valence-corrected chi connectivity index (χ3v) is 10.00. The molecule has 0 spiro atoms. The fraction of sp³-hybridized carbons (Fsp3) is 0.481. The number of aromatic nitrogens is 2. The van der Waals surface area contributed by atoms with Crippen molar-refractivity contribution in [1.82, 2.24) is 14.5 Å². The number of nitrogens with zero attached hydrogens (tertiary/aromatic N) is 3. The molecule has 3 atom stereocenters. The number of H-pyrrole nitrogens is 1. The summed E-state index contributed by atoms with van der Waals surface area (Å²) in [4.78, 5) is 14.1. The minimum Gasteiger partial charge on any atom is -0.391 e. The van der Waals surface area contributed by atoms with E-state index in [9.17, 15) is 13.2 Å². The summed E-state index contributed by atoms with van der Waals surface area (Å²) in [5.41, 5.74) is 1.96. The lowest BCUT2D eigenvalue weighted by Gasteiger charge is -2.48. The topological polar surface area (TPSA) is 109 Å². The maximum atomic E-state index is 15.3. The number of aryl methyl sites for hydroxylation is 1. The van der Waals surface area contributed by atoms with Crippen LogP contribution in [0.5, 0.6) is 0 Å².